The first-order chi connectivity index (χ1) is 13.5. The van der Waals surface area contributed by atoms with Gasteiger partial charge in [0.2, 0.25) is 0 Å². The van der Waals surface area contributed by atoms with Gasteiger partial charge in [0, 0.05) is 19.6 Å². The topological polar surface area (TPSA) is 90.5 Å². The number of piperidine rings is 1. The number of aromatic nitrogens is 3. The number of hydrogen-bond acceptors (Lipinski definition) is 7. The molecular formula is C19H26N4O4S. The second kappa shape index (κ2) is 9.27. The molecule has 0 aliphatic carbocycles. The van der Waals surface area contributed by atoms with Gasteiger partial charge in [0.15, 0.2) is 23.3 Å². The minimum atomic E-state index is -0.443. The van der Waals surface area contributed by atoms with Crippen molar-refractivity contribution in [3.05, 3.63) is 18.4 Å². The Balaban J connectivity index is 1.49. The lowest BCUT2D eigenvalue weighted by atomic mass is 9.92. The number of rotatable bonds is 7. The highest BCUT2D eigenvalue weighted by Gasteiger charge is 2.26. The number of ether oxygens (including phenoxy) is 1. The van der Waals surface area contributed by atoms with E-state index in [9.17, 15) is 9.59 Å². The van der Waals surface area contributed by atoms with Crippen molar-refractivity contribution in [1.82, 2.24) is 19.7 Å². The molecule has 0 radical (unpaired) electrons. The molecule has 28 heavy (non-hydrogen) atoms. The lowest BCUT2D eigenvalue weighted by Crippen LogP contribution is -2.44. The molecule has 8 nitrogen and oxygen atoms in total. The summed E-state index contributed by atoms with van der Waals surface area (Å²) >= 11 is 1.23. The molecular weight excluding hydrogens is 380 g/mol. The lowest BCUT2D eigenvalue weighted by Gasteiger charge is -2.34. The quantitative estimate of drug-likeness (QED) is 0.516. The fourth-order valence-corrected chi connectivity index (χ4v) is 4.33. The molecule has 1 aliphatic rings. The van der Waals surface area contributed by atoms with Gasteiger partial charge in [-0.3, -0.25) is 14.2 Å². The maximum absolute atomic E-state index is 12.3. The molecule has 0 aromatic carbocycles. The molecule has 1 fully saturated rings. The highest BCUT2D eigenvalue weighted by Crippen LogP contribution is 2.24. The molecule has 152 valence electrons. The Kier molecular flexibility index (Phi) is 6.77. The van der Waals surface area contributed by atoms with Crippen LogP contribution in [0.4, 0.5) is 0 Å². The first-order valence-electron chi connectivity index (χ1n) is 9.51. The third-order valence-corrected chi connectivity index (χ3v) is 5.61. The number of hydrogen-bond donors (Lipinski definition) is 0. The fraction of sp³-hybridized carbons (Fsp3) is 0.579. The normalized spacial score (nSPS) is 19.6. The number of thioether (sulfide) groups is 1. The van der Waals surface area contributed by atoms with Gasteiger partial charge in [-0.25, -0.2) is 0 Å². The molecule has 2 atom stereocenters. The van der Waals surface area contributed by atoms with Gasteiger partial charge < -0.3 is 14.1 Å². The van der Waals surface area contributed by atoms with E-state index in [0.29, 0.717) is 35.1 Å². The zero-order valence-electron chi connectivity index (χ0n) is 16.5. The molecule has 1 aliphatic heterocycles. The largest absolute Gasteiger partial charge is 0.461 e. The zero-order valence-corrected chi connectivity index (χ0v) is 17.3. The summed E-state index contributed by atoms with van der Waals surface area (Å²) in [5.41, 5.74) is 0. The van der Waals surface area contributed by atoms with Gasteiger partial charge in [-0.2, -0.15) is 0 Å². The summed E-state index contributed by atoms with van der Waals surface area (Å²) in [5.74, 6) is 1.68. The summed E-state index contributed by atoms with van der Waals surface area (Å²) in [6.07, 6.45) is 2.70. The number of amides is 1. The molecule has 0 unspecified atom stereocenters. The van der Waals surface area contributed by atoms with Gasteiger partial charge in [-0.15, -0.1) is 10.2 Å². The fourth-order valence-electron chi connectivity index (χ4n) is 3.53. The van der Waals surface area contributed by atoms with Crippen LogP contribution >= 0.6 is 11.8 Å². The van der Waals surface area contributed by atoms with Crippen LogP contribution in [-0.2, 0) is 20.9 Å². The number of likely N-dealkylation sites (tertiary alicyclic amines) is 1. The highest BCUT2D eigenvalue weighted by molar-refractivity contribution is 7.99. The van der Waals surface area contributed by atoms with Crippen molar-refractivity contribution in [1.29, 1.82) is 0 Å². The van der Waals surface area contributed by atoms with Crippen molar-refractivity contribution in [2.45, 2.75) is 38.9 Å². The van der Waals surface area contributed by atoms with Crippen LogP contribution in [0.5, 0.6) is 0 Å². The Labute approximate surface area is 168 Å². The Bertz CT molecular complexity index is 795. The predicted molar refractivity (Wildman–Crippen MR) is 105 cm³/mol. The van der Waals surface area contributed by atoms with E-state index in [4.69, 9.17) is 9.15 Å². The minimum Gasteiger partial charge on any atom is -0.461 e. The lowest BCUT2D eigenvalue weighted by molar-refractivity contribution is -0.151. The molecule has 2 aromatic rings. The molecule has 1 amide bonds. The van der Waals surface area contributed by atoms with E-state index < -0.39 is 5.97 Å². The standard InChI is InChI=1S/C19H26N4O4S/c1-4-23-18(15-6-5-7-26-15)20-21-19(23)28-12-17(25)27-11-16(24)22-9-13(2)8-14(3)10-22/h5-7,13-14H,4,8-12H2,1-3H3/t13-,14+. The van der Waals surface area contributed by atoms with E-state index in [1.54, 1.807) is 17.2 Å². The molecule has 3 rings (SSSR count). The third-order valence-electron chi connectivity index (χ3n) is 4.67. The number of carbonyl (C=O) groups is 2. The van der Waals surface area contributed by atoms with Crippen LogP contribution in [0.2, 0.25) is 0 Å². The van der Waals surface area contributed by atoms with Crippen LogP contribution in [0.3, 0.4) is 0 Å². The molecule has 1 saturated heterocycles. The van der Waals surface area contributed by atoms with Crippen LogP contribution in [0.15, 0.2) is 28.0 Å². The molecule has 0 N–H and O–H groups in total. The molecule has 0 spiro atoms. The maximum atomic E-state index is 12.3. The van der Waals surface area contributed by atoms with Crippen LogP contribution in [-0.4, -0.2) is 57.0 Å². The molecule has 2 aromatic heterocycles. The van der Waals surface area contributed by atoms with Crippen molar-refractivity contribution in [3.63, 3.8) is 0 Å². The van der Waals surface area contributed by atoms with Crippen molar-refractivity contribution >= 4 is 23.6 Å². The summed E-state index contributed by atoms with van der Waals surface area (Å²) in [6, 6.07) is 3.60. The van der Waals surface area contributed by atoms with E-state index in [1.165, 1.54) is 11.8 Å². The first kappa shape index (κ1) is 20.4. The van der Waals surface area contributed by atoms with Crippen molar-refractivity contribution in [2.24, 2.45) is 11.8 Å². The highest BCUT2D eigenvalue weighted by atomic mass is 32.2. The van der Waals surface area contributed by atoms with Gasteiger partial charge in [0.05, 0.1) is 12.0 Å². The second-order valence-electron chi connectivity index (χ2n) is 7.22. The maximum Gasteiger partial charge on any atom is 0.316 e. The van der Waals surface area contributed by atoms with Crippen molar-refractivity contribution in [3.8, 4) is 11.6 Å². The first-order valence-corrected chi connectivity index (χ1v) is 10.5. The van der Waals surface area contributed by atoms with E-state index in [1.807, 2.05) is 17.6 Å². The molecule has 0 saturated carbocycles. The van der Waals surface area contributed by atoms with Crippen molar-refractivity contribution < 1.29 is 18.7 Å². The number of esters is 1. The SMILES string of the molecule is CCn1c(SCC(=O)OCC(=O)N2C[C@H](C)C[C@H](C)C2)nnc1-c1ccco1. The Hall–Kier alpha value is -2.29. The average molecular weight is 407 g/mol. The van der Waals surface area contributed by atoms with E-state index in [0.717, 1.165) is 19.5 Å². The monoisotopic (exact) mass is 406 g/mol. The molecule has 0 bridgehead atoms. The van der Waals surface area contributed by atoms with Crippen LogP contribution < -0.4 is 0 Å². The average Bonchev–Trinajstić information content (AvgIpc) is 3.32. The zero-order chi connectivity index (χ0) is 20.1. The van der Waals surface area contributed by atoms with Gasteiger partial charge in [-0.1, -0.05) is 25.6 Å². The van der Waals surface area contributed by atoms with E-state index >= 15 is 0 Å². The van der Waals surface area contributed by atoms with Crippen LogP contribution in [0.1, 0.15) is 27.2 Å². The summed E-state index contributed by atoms with van der Waals surface area (Å²) in [6.45, 7) is 8.13. The summed E-state index contributed by atoms with van der Waals surface area (Å²) in [4.78, 5) is 26.2. The third kappa shape index (κ3) is 4.95. The van der Waals surface area contributed by atoms with Crippen molar-refractivity contribution in [2.75, 3.05) is 25.4 Å². The summed E-state index contributed by atoms with van der Waals surface area (Å²) in [7, 11) is 0. The van der Waals surface area contributed by atoms with Gasteiger partial charge in [0.25, 0.3) is 5.91 Å². The summed E-state index contributed by atoms with van der Waals surface area (Å²) < 4.78 is 12.4. The number of carbonyl (C=O) groups excluding carboxylic acids is 2. The van der Waals surface area contributed by atoms with Gasteiger partial charge in [-0.05, 0) is 37.3 Å². The van der Waals surface area contributed by atoms with E-state index in [2.05, 4.69) is 24.0 Å². The predicted octanol–water partition coefficient (Wildman–Crippen LogP) is 2.70. The Morgan fingerprint density at radius 3 is 2.68 bits per heavy atom. The van der Waals surface area contributed by atoms with Gasteiger partial charge in [0.1, 0.15) is 0 Å². The Morgan fingerprint density at radius 1 is 1.29 bits per heavy atom. The van der Waals surface area contributed by atoms with Crippen LogP contribution in [0, 0.1) is 11.8 Å². The smallest absolute Gasteiger partial charge is 0.316 e. The van der Waals surface area contributed by atoms with Crippen LogP contribution in [0.25, 0.3) is 11.6 Å². The minimum absolute atomic E-state index is 0.0658. The molecule has 3 heterocycles. The Morgan fingerprint density at radius 2 is 2.04 bits per heavy atom. The number of nitrogens with zero attached hydrogens (tertiary/aromatic N) is 4. The number of furan rings is 1. The van der Waals surface area contributed by atoms with Gasteiger partial charge >= 0.3 is 5.97 Å². The second-order valence-corrected chi connectivity index (χ2v) is 8.16. The molecule has 9 heteroatoms. The summed E-state index contributed by atoms with van der Waals surface area (Å²) in [5, 5.41) is 8.88. The van der Waals surface area contributed by atoms with E-state index in [-0.39, 0.29) is 18.3 Å².